The molecule has 0 saturated carbocycles. The third kappa shape index (κ3) is 4.03. The highest BCUT2D eigenvalue weighted by Gasteiger charge is 2.12. The number of halogens is 1. The van der Waals surface area contributed by atoms with Crippen molar-refractivity contribution < 1.29 is 12.8 Å². The molecule has 0 aliphatic heterocycles. The predicted molar refractivity (Wildman–Crippen MR) is 71.6 cm³/mol. The van der Waals surface area contributed by atoms with E-state index >= 15 is 0 Å². The minimum atomic E-state index is -3.53. The van der Waals surface area contributed by atoms with Crippen LogP contribution >= 0.6 is 0 Å². The molecular formula is C13H13FN2O2S. The second kappa shape index (κ2) is 5.36. The van der Waals surface area contributed by atoms with E-state index in [0.29, 0.717) is 11.3 Å². The molecule has 0 aliphatic carbocycles. The van der Waals surface area contributed by atoms with Crippen LogP contribution in [0.1, 0.15) is 11.1 Å². The van der Waals surface area contributed by atoms with E-state index in [1.54, 1.807) is 12.3 Å². The zero-order valence-corrected chi connectivity index (χ0v) is 11.1. The number of aryl methyl sites for hydroxylation is 1. The molecule has 0 saturated heterocycles. The number of nitrogens with one attached hydrogen (secondary N) is 1. The first-order valence-corrected chi connectivity index (χ1v) is 7.26. The van der Waals surface area contributed by atoms with Gasteiger partial charge in [-0.2, -0.15) is 0 Å². The highest BCUT2D eigenvalue weighted by molar-refractivity contribution is 7.91. The van der Waals surface area contributed by atoms with Gasteiger partial charge in [-0.3, -0.25) is 9.71 Å². The van der Waals surface area contributed by atoms with E-state index in [9.17, 15) is 12.8 Å². The lowest BCUT2D eigenvalue weighted by molar-refractivity contribution is 0.600. The zero-order chi connectivity index (χ0) is 13.9. The fourth-order valence-corrected chi connectivity index (χ4v) is 2.80. The Balaban J connectivity index is 2.13. The molecular weight excluding hydrogens is 267 g/mol. The summed E-state index contributed by atoms with van der Waals surface area (Å²) < 4.78 is 39.0. The molecule has 0 atom stereocenters. The molecule has 0 spiro atoms. The summed E-state index contributed by atoms with van der Waals surface area (Å²) in [6, 6.07) is 7.06. The topological polar surface area (TPSA) is 59.1 Å². The van der Waals surface area contributed by atoms with E-state index in [4.69, 9.17) is 0 Å². The average molecular weight is 280 g/mol. The van der Waals surface area contributed by atoms with Gasteiger partial charge in [0.15, 0.2) is 0 Å². The largest absolute Gasteiger partial charge is 0.282 e. The van der Waals surface area contributed by atoms with Crippen LogP contribution in [0.25, 0.3) is 0 Å². The van der Waals surface area contributed by atoms with Crippen LogP contribution < -0.4 is 4.72 Å². The van der Waals surface area contributed by atoms with Crippen LogP contribution in [-0.2, 0) is 15.8 Å². The van der Waals surface area contributed by atoms with Crippen molar-refractivity contribution in [3.05, 3.63) is 59.7 Å². The van der Waals surface area contributed by atoms with Gasteiger partial charge in [0, 0.05) is 6.20 Å². The van der Waals surface area contributed by atoms with Gasteiger partial charge >= 0.3 is 0 Å². The van der Waals surface area contributed by atoms with Crippen LogP contribution in [0.5, 0.6) is 0 Å². The van der Waals surface area contributed by atoms with Crippen molar-refractivity contribution >= 4 is 15.7 Å². The van der Waals surface area contributed by atoms with Crippen molar-refractivity contribution in [2.45, 2.75) is 12.7 Å². The molecule has 1 aromatic heterocycles. The van der Waals surface area contributed by atoms with Gasteiger partial charge in [0.2, 0.25) is 10.0 Å². The normalized spacial score (nSPS) is 11.3. The highest BCUT2D eigenvalue weighted by atomic mass is 32.2. The molecule has 0 radical (unpaired) electrons. The predicted octanol–water partition coefficient (Wildman–Crippen LogP) is 2.47. The molecule has 2 rings (SSSR count). The number of benzene rings is 1. The van der Waals surface area contributed by atoms with Crippen LogP contribution in [0.3, 0.4) is 0 Å². The van der Waals surface area contributed by atoms with Crippen LogP contribution in [0.2, 0.25) is 0 Å². The van der Waals surface area contributed by atoms with Crippen LogP contribution in [0, 0.1) is 12.7 Å². The summed E-state index contributed by atoms with van der Waals surface area (Å²) in [6.45, 7) is 1.82. The van der Waals surface area contributed by atoms with Crippen LogP contribution in [0.15, 0.2) is 42.7 Å². The van der Waals surface area contributed by atoms with Gasteiger partial charge in [-0.15, -0.1) is 0 Å². The van der Waals surface area contributed by atoms with Crippen molar-refractivity contribution in [1.82, 2.24) is 4.98 Å². The fourth-order valence-electron chi connectivity index (χ4n) is 1.63. The second-order valence-electron chi connectivity index (χ2n) is 4.24. The maximum absolute atomic E-state index is 12.7. The third-order valence-electron chi connectivity index (χ3n) is 2.42. The quantitative estimate of drug-likeness (QED) is 0.936. The van der Waals surface area contributed by atoms with Gasteiger partial charge in [-0.25, -0.2) is 12.8 Å². The first-order valence-electron chi connectivity index (χ1n) is 5.61. The van der Waals surface area contributed by atoms with E-state index in [1.807, 2.05) is 6.92 Å². The van der Waals surface area contributed by atoms with Gasteiger partial charge in [-0.1, -0.05) is 12.1 Å². The van der Waals surface area contributed by atoms with E-state index in [1.165, 1.54) is 30.5 Å². The molecule has 1 heterocycles. The molecule has 0 bridgehead atoms. The number of pyridine rings is 1. The first kappa shape index (κ1) is 13.5. The van der Waals surface area contributed by atoms with E-state index in [-0.39, 0.29) is 5.75 Å². The summed E-state index contributed by atoms with van der Waals surface area (Å²) in [5, 5.41) is 0. The number of hydrogen-bond donors (Lipinski definition) is 1. The lowest BCUT2D eigenvalue weighted by atomic mass is 10.2. The molecule has 0 amide bonds. The molecule has 1 aromatic carbocycles. The summed E-state index contributed by atoms with van der Waals surface area (Å²) >= 11 is 0. The van der Waals surface area contributed by atoms with Crippen molar-refractivity contribution in [3.63, 3.8) is 0 Å². The minimum absolute atomic E-state index is 0.207. The molecule has 0 aliphatic rings. The summed E-state index contributed by atoms with van der Waals surface area (Å²) in [7, 11) is -3.53. The number of anilines is 1. The van der Waals surface area contributed by atoms with Crippen LogP contribution in [-0.4, -0.2) is 13.4 Å². The number of nitrogens with zero attached hydrogens (tertiary/aromatic N) is 1. The van der Waals surface area contributed by atoms with E-state index in [0.717, 1.165) is 5.56 Å². The van der Waals surface area contributed by atoms with Gasteiger partial charge in [0.1, 0.15) is 5.82 Å². The zero-order valence-electron chi connectivity index (χ0n) is 10.3. The smallest absolute Gasteiger partial charge is 0.236 e. The van der Waals surface area contributed by atoms with Gasteiger partial charge in [0.25, 0.3) is 0 Å². The average Bonchev–Trinajstić information content (AvgIpc) is 2.31. The maximum atomic E-state index is 12.7. The van der Waals surface area contributed by atoms with E-state index < -0.39 is 15.8 Å². The Bertz CT molecular complexity index is 669. The fraction of sp³-hybridized carbons (Fsp3) is 0.154. The molecule has 19 heavy (non-hydrogen) atoms. The number of sulfonamides is 1. The maximum Gasteiger partial charge on any atom is 0.236 e. The summed E-state index contributed by atoms with van der Waals surface area (Å²) in [5.74, 6) is -0.599. The van der Waals surface area contributed by atoms with Gasteiger partial charge in [-0.05, 0) is 36.2 Å². The molecule has 0 unspecified atom stereocenters. The second-order valence-corrected chi connectivity index (χ2v) is 5.96. The molecule has 2 aromatic rings. The molecule has 4 nitrogen and oxygen atoms in total. The lowest BCUT2D eigenvalue weighted by Crippen LogP contribution is -2.15. The Morgan fingerprint density at radius 2 is 1.89 bits per heavy atom. The van der Waals surface area contributed by atoms with Gasteiger partial charge < -0.3 is 0 Å². The van der Waals surface area contributed by atoms with Crippen molar-refractivity contribution in [1.29, 1.82) is 0 Å². The summed E-state index contributed by atoms with van der Waals surface area (Å²) in [5.41, 5.74) is 1.80. The lowest BCUT2D eigenvalue weighted by Gasteiger charge is -2.08. The Hall–Kier alpha value is -1.95. The Morgan fingerprint density at radius 1 is 1.21 bits per heavy atom. The van der Waals surface area contributed by atoms with Crippen molar-refractivity contribution in [2.24, 2.45) is 0 Å². The Kier molecular flexibility index (Phi) is 3.80. The number of rotatable bonds is 4. The summed E-state index contributed by atoms with van der Waals surface area (Å²) in [4.78, 5) is 3.91. The van der Waals surface area contributed by atoms with Crippen LogP contribution in [0.4, 0.5) is 10.1 Å². The van der Waals surface area contributed by atoms with Crippen molar-refractivity contribution in [2.75, 3.05) is 4.72 Å². The minimum Gasteiger partial charge on any atom is -0.282 e. The van der Waals surface area contributed by atoms with Crippen molar-refractivity contribution in [3.8, 4) is 0 Å². The molecule has 0 fully saturated rings. The monoisotopic (exact) mass is 280 g/mol. The standard InChI is InChI=1S/C13H13FN2O2S/c1-10-6-13(8-15-7-10)16-19(17,18)9-11-2-4-12(14)5-3-11/h2-8,16H,9H2,1H3. The molecule has 1 N–H and O–H groups in total. The Labute approximate surface area is 111 Å². The number of aromatic nitrogens is 1. The van der Waals surface area contributed by atoms with E-state index in [2.05, 4.69) is 9.71 Å². The third-order valence-corrected chi connectivity index (χ3v) is 3.68. The molecule has 6 heteroatoms. The van der Waals surface area contributed by atoms with Gasteiger partial charge in [0.05, 0.1) is 17.6 Å². The summed E-state index contributed by atoms with van der Waals surface area (Å²) in [6.07, 6.45) is 3.08. The Morgan fingerprint density at radius 3 is 2.53 bits per heavy atom. The first-order chi connectivity index (χ1) is 8.94. The number of hydrogen-bond acceptors (Lipinski definition) is 3. The highest BCUT2D eigenvalue weighted by Crippen LogP contribution is 2.13. The SMILES string of the molecule is Cc1cncc(NS(=O)(=O)Cc2ccc(F)cc2)c1. The molecule has 100 valence electrons.